The van der Waals surface area contributed by atoms with Gasteiger partial charge in [0.2, 0.25) is 0 Å². The number of nitrogens with zero attached hydrogens (tertiary/aromatic N) is 1. The molecule has 0 radical (unpaired) electrons. The summed E-state index contributed by atoms with van der Waals surface area (Å²) >= 11 is 6.38. The molecule has 0 saturated carbocycles. The van der Waals surface area contributed by atoms with Crippen LogP contribution >= 0.6 is 11.6 Å². The van der Waals surface area contributed by atoms with Gasteiger partial charge in [0.05, 0.1) is 31.1 Å². The van der Waals surface area contributed by atoms with Gasteiger partial charge in [-0.3, -0.25) is 4.79 Å². The predicted octanol–water partition coefficient (Wildman–Crippen LogP) is 1.82. The van der Waals surface area contributed by atoms with Gasteiger partial charge >= 0.3 is 0 Å². The number of rotatable bonds is 9. The van der Waals surface area contributed by atoms with E-state index in [9.17, 15) is 9.18 Å². The van der Waals surface area contributed by atoms with Crippen molar-refractivity contribution in [3.05, 3.63) is 58.4 Å². The number of benzene rings is 2. The molecule has 0 bridgehead atoms. The van der Waals surface area contributed by atoms with E-state index in [0.29, 0.717) is 54.0 Å². The van der Waals surface area contributed by atoms with Gasteiger partial charge in [-0.1, -0.05) is 29.8 Å². The molecule has 0 aliphatic carbocycles. The second kappa shape index (κ2) is 11.6. The summed E-state index contributed by atoms with van der Waals surface area (Å²) in [6.07, 6.45) is 1.49. The van der Waals surface area contributed by atoms with Crippen LogP contribution in [0.3, 0.4) is 0 Å². The Balaban J connectivity index is 1.63. The van der Waals surface area contributed by atoms with Crippen LogP contribution in [-0.4, -0.2) is 51.6 Å². The Bertz CT molecular complexity index is 920. The molecular weight excluding hydrogens is 425 g/mol. The average Bonchev–Trinajstić information content (AvgIpc) is 2.75. The minimum atomic E-state index is -0.352. The second-order valence-electron chi connectivity index (χ2n) is 6.98. The zero-order valence-corrected chi connectivity index (χ0v) is 18.1. The molecule has 0 atom stereocenters. The summed E-state index contributed by atoms with van der Waals surface area (Å²) in [5.41, 5.74) is 3.57. The Morgan fingerprint density at radius 2 is 2.06 bits per heavy atom. The third-order valence-corrected chi connectivity index (χ3v) is 4.96. The van der Waals surface area contributed by atoms with E-state index in [4.69, 9.17) is 25.8 Å². The summed E-state index contributed by atoms with van der Waals surface area (Å²) in [7, 11) is 0. The molecule has 9 heteroatoms. The summed E-state index contributed by atoms with van der Waals surface area (Å²) in [5, 5.41) is 4.31. The van der Waals surface area contributed by atoms with Gasteiger partial charge in [-0.05, 0) is 30.7 Å². The quantitative estimate of drug-likeness (QED) is 0.451. The van der Waals surface area contributed by atoms with Crippen molar-refractivity contribution in [3.63, 3.8) is 0 Å². The Morgan fingerprint density at radius 1 is 1.29 bits per heavy atom. The molecule has 2 N–H and O–H groups in total. The molecule has 2 aromatic rings. The molecule has 2 aromatic carbocycles. The first-order chi connectivity index (χ1) is 15.1. The summed E-state index contributed by atoms with van der Waals surface area (Å²) in [5.74, 6) is 0.213. The highest BCUT2D eigenvalue weighted by Crippen LogP contribution is 2.37. The van der Waals surface area contributed by atoms with Crippen LogP contribution in [0.15, 0.2) is 41.5 Å². The lowest BCUT2D eigenvalue weighted by molar-refractivity contribution is -0.900. The van der Waals surface area contributed by atoms with E-state index in [0.717, 1.165) is 18.0 Å². The fourth-order valence-corrected chi connectivity index (χ4v) is 3.39. The molecule has 7 nitrogen and oxygen atoms in total. The van der Waals surface area contributed by atoms with Crippen molar-refractivity contribution in [2.24, 2.45) is 5.10 Å². The number of amides is 1. The minimum absolute atomic E-state index is 0.0137. The van der Waals surface area contributed by atoms with Gasteiger partial charge in [0, 0.05) is 5.56 Å². The summed E-state index contributed by atoms with van der Waals surface area (Å²) in [6, 6.07) is 9.72. The van der Waals surface area contributed by atoms with E-state index in [1.807, 2.05) is 6.92 Å². The van der Waals surface area contributed by atoms with E-state index in [-0.39, 0.29) is 18.3 Å². The van der Waals surface area contributed by atoms with Crippen LogP contribution in [0.4, 0.5) is 4.39 Å². The number of hydrogen-bond donors (Lipinski definition) is 2. The van der Waals surface area contributed by atoms with Gasteiger partial charge in [-0.15, -0.1) is 0 Å². The first kappa shape index (κ1) is 23.0. The zero-order chi connectivity index (χ0) is 22.1. The van der Waals surface area contributed by atoms with Gasteiger partial charge in [0.15, 0.2) is 18.0 Å². The maximum Gasteiger partial charge on any atom is 0.295 e. The number of quaternary nitrogens is 1. The first-order valence-corrected chi connectivity index (χ1v) is 10.5. The van der Waals surface area contributed by atoms with Crippen molar-refractivity contribution < 1.29 is 28.3 Å². The van der Waals surface area contributed by atoms with E-state index in [2.05, 4.69) is 10.5 Å². The number of halogens is 2. The molecule has 0 spiro atoms. The molecular formula is C22H26ClFN3O4+. The lowest BCUT2D eigenvalue weighted by Gasteiger charge is -2.22. The molecule has 1 aliphatic rings. The van der Waals surface area contributed by atoms with Crippen LogP contribution in [-0.2, 0) is 16.1 Å². The molecule has 1 heterocycles. The van der Waals surface area contributed by atoms with Crippen LogP contribution < -0.4 is 19.8 Å². The van der Waals surface area contributed by atoms with Gasteiger partial charge in [0.1, 0.15) is 25.5 Å². The molecule has 166 valence electrons. The number of carbonyl (C=O) groups is 1. The fourth-order valence-electron chi connectivity index (χ4n) is 3.11. The van der Waals surface area contributed by atoms with Gasteiger partial charge in [-0.2, -0.15) is 5.10 Å². The van der Waals surface area contributed by atoms with E-state index >= 15 is 0 Å². The van der Waals surface area contributed by atoms with Crippen molar-refractivity contribution in [2.75, 3.05) is 39.5 Å². The maximum absolute atomic E-state index is 13.9. The lowest BCUT2D eigenvalue weighted by Crippen LogP contribution is -3.15. The standard InChI is InChI=1S/C22H25ClFN3O4/c1-2-30-20-12-16(13-25-26-21(28)14-27-7-9-29-10-8-27)11-18(23)22(20)31-15-17-5-3-4-6-19(17)24/h3-6,11-13H,2,7-10,14-15H2,1H3,(H,26,28)/p+1/b25-13-. The van der Waals surface area contributed by atoms with Crippen LogP contribution in [0.1, 0.15) is 18.1 Å². The molecule has 0 unspecified atom stereocenters. The monoisotopic (exact) mass is 450 g/mol. The molecule has 1 fully saturated rings. The molecule has 3 rings (SSSR count). The summed E-state index contributed by atoms with van der Waals surface area (Å²) < 4.78 is 30.5. The Kier molecular flexibility index (Phi) is 8.63. The van der Waals surface area contributed by atoms with Gasteiger partial charge in [-0.25, -0.2) is 9.82 Å². The molecule has 1 saturated heterocycles. The maximum atomic E-state index is 13.9. The molecule has 1 aliphatic heterocycles. The average molecular weight is 451 g/mol. The SMILES string of the molecule is CCOc1cc(/C=N\NC(=O)C[NH+]2CCOCC2)cc(Cl)c1OCc1ccccc1F. The highest BCUT2D eigenvalue weighted by Gasteiger charge is 2.17. The zero-order valence-electron chi connectivity index (χ0n) is 17.3. The third-order valence-electron chi connectivity index (χ3n) is 4.67. The third kappa shape index (κ3) is 6.92. The molecule has 0 aromatic heterocycles. The molecule has 1 amide bonds. The van der Waals surface area contributed by atoms with Crippen molar-refractivity contribution in [3.8, 4) is 11.5 Å². The van der Waals surface area contributed by atoms with Gasteiger partial charge in [0.25, 0.3) is 5.91 Å². The number of carbonyl (C=O) groups excluding carboxylic acids is 1. The van der Waals surface area contributed by atoms with Crippen LogP contribution in [0.25, 0.3) is 0 Å². The highest BCUT2D eigenvalue weighted by atomic mass is 35.5. The normalized spacial score (nSPS) is 14.5. The fraction of sp³-hybridized carbons (Fsp3) is 0.364. The Morgan fingerprint density at radius 3 is 2.81 bits per heavy atom. The second-order valence-corrected chi connectivity index (χ2v) is 7.38. The molecule has 31 heavy (non-hydrogen) atoms. The number of ether oxygens (including phenoxy) is 3. The predicted molar refractivity (Wildman–Crippen MR) is 115 cm³/mol. The minimum Gasteiger partial charge on any atom is -0.490 e. The van der Waals surface area contributed by atoms with Crippen LogP contribution in [0, 0.1) is 5.82 Å². The number of hydrogen-bond acceptors (Lipinski definition) is 5. The first-order valence-electron chi connectivity index (χ1n) is 10.1. The van der Waals surface area contributed by atoms with Crippen LogP contribution in [0.2, 0.25) is 5.02 Å². The van der Waals surface area contributed by atoms with E-state index in [1.54, 1.807) is 30.3 Å². The topological polar surface area (TPSA) is 73.6 Å². The van der Waals surface area contributed by atoms with E-state index in [1.165, 1.54) is 12.3 Å². The van der Waals surface area contributed by atoms with Crippen molar-refractivity contribution in [1.29, 1.82) is 0 Å². The summed E-state index contributed by atoms with van der Waals surface area (Å²) in [4.78, 5) is 13.2. The van der Waals surface area contributed by atoms with Crippen LogP contribution in [0.5, 0.6) is 11.5 Å². The van der Waals surface area contributed by atoms with Gasteiger partial charge < -0.3 is 19.1 Å². The number of morpholine rings is 1. The summed E-state index contributed by atoms with van der Waals surface area (Å²) in [6.45, 7) is 5.52. The van der Waals surface area contributed by atoms with Crippen molar-refractivity contribution in [2.45, 2.75) is 13.5 Å². The van der Waals surface area contributed by atoms with Crippen molar-refractivity contribution in [1.82, 2.24) is 5.43 Å². The highest BCUT2D eigenvalue weighted by molar-refractivity contribution is 6.32. The largest absolute Gasteiger partial charge is 0.490 e. The van der Waals surface area contributed by atoms with E-state index < -0.39 is 0 Å². The smallest absolute Gasteiger partial charge is 0.295 e. The van der Waals surface area contributed by atoms with Crippen molar-refractivity contribution >= 4 is 23.7 Å². The Hall–Kier alpha value is -2.68. The number of nitrogens with one attached hydrogen (secondary N) is 2. The Labute approximate surface area is 185 Å². The number of hydrazone groups is 1. The lowest BCUT2D eigenvalue weighted by atomic mass is 10.2.